The van der Waals surface area contributed by atoms with Gasteiger partial charge in [-0.1, -0.05) is 69.6 Å². The topological polar surface area (TPSA) is 9.72 Å². The van der Waals surface area contributed by atoms with Crippen molar-refractivity contribution in [2.45, 2.75) is 198 Å². The van der Waals surface area contributed by atoms with Gasteiger partial charge in [0.05, 0.1) is 0 Å². The fourth-order valence-corrected chi connectivity index (χ4v) is 19.2. The predicted octanol–water partition coefficient (Wildman–Crippen LogP) is 9.39. The number of thioether (sulfide) groups is 2. The Morgan fingerprint density at radius 2 is 0.915 bits per heavy atom. The summed E-state index contributed by atoms with van der Waals surface area (Å²) in [5.74, 6) is 3.74. The fourth-order valence-electron chi connectivity index (χ4n) is 15.2. The van der Waals surface area contributed by atoms with Crippen LogP contribution >= 0.6 is 23.5 Å². The molecule has 47 heavy (non-hydrogen) atoms. The lowest BCUT2D eigenvalue weighted by Crippen LogP contribution is -2.77. The summed E-state index contributed by atoms with van der Waals surface area (Å²) in [6, 6.07) is 18.5. The summed E-state index contributed by atoms with van der Waals surface area (Å²) in [6.07, 6.45) is 30.0. The monoisotopic (exact) mass is 671 g/mol. The fraction of sp³-hybridized carbons (Fsp3) is 0.857. The van der Waals surface area contributed by atoms with Gasteiger partial charge < -0.3 is 4.90 Å². The number of anilines is 1. The molecule has 16 unspecified atom stereocenters. The van der Waals surface area contributed by atoms with Gasteiger partial charge in [-0.15, -0.1) is 0 Å². The van der Waals surface area contributed by atoms with E-state index in [2.05, 4.69) is 68.6 Å². The molecule has 1 aromatic rings. The molecule has 0 bridgehead atoms. The molecule has 11 rings (SSSR count). The molecule has 0 aromatic heterocycles. The zero-order chi connectivity index (χ0) is 30.6. The second-order valence-corrected chi connectivity index (χ2v) is 21.3. The van der Waals surface area contributed by atoms with Crippen molar-refractivity contribution in [3.8, 4) is 0 Å². The Balaban J connectivity index is 1.08. The van der Waals surface area contributed by atoms with Crippen molar-refractivity contribution in [1.29, 1.82) is 0 Å². The molecule has 3 nitrogen and oxygen atoms in total. The van der Waals surface area contributed by atoms with Gasteiger partial charge in [0, 0.05) is 75.0 Å². The lowest BCUT2D eigenvalue weighted by atomic mass is 9.62. The molecule has 10 aliphatic rings. The van der Waals surface area contributed by atoms with Crippen molar-refractivity contribution in [1.82, 2.24) is 9.80 Å². The maximum atomic E-state index is 3.50. The SMILES string of the molecule is c1ccc(N2C3CCCCC3C3CC4C(CC32)N2C3CCCCC3SC3CCCC(C5CCCC6SC7CCCCC7N4C65)C32)cc1. The number of nitrogens with zero attached hydrogens (tertiary/aromatic N) is 3. The van der Waals surface area contributed by atoms with Crippen molar-refractivity contribution >= 4 is 29.2 Å². The molecule has 16 atom stereocenters. The summed E-state index contributed by atoms with van der Waals surface area (Å²) in [5, 5.41) is 3.66. The minimum absolute atomic E-state index is 0.752. The Morgan fingerprint density at radius 1 is 0.404 bits per heavy atom. The van der Waals surface area contributed by atoms with E-state index in [1.54, 1.807) is 18.5 Å². The first kappa shape index (κ1) is 30.3. The van der Waals surface area contributed by atoms with E-state index in [-0.39, 0.29) is 0 Å². The van der Waals surface area contributed by atoms with Gasteiger partial charge in [0.1, 0.15) is 0 Å². The van der Waals surface area contributed by atoms with Gasteiger partial charge in [0.25, 0.3) is 0 Å². The van der Waals surface area contributed by atoms with Crippen molar-refractivity contribution in [3.05, 3.63) is 30.3 Å². The summed E-state index contributed by atoms with van der Waals surface area (Å²) >= 11 is 5.11. The molecule has 4 aliphatic heterocycles. The maximum absolute atomic E-state index is 3.50. The smallest absolute Gasteiger partial charge is 0.0371 e. The van der Waals surface area contributed by atoms with Gasteiger partial charge in [0.15, 0.2) is 0 Å². The summed E-state index contributed by atoms with van der Waals surface area (Å²) in [6.45, 7) is 0. The Hall–Kier alpha value is -0.360. The van der Waals surface area contributed by atoms with Gasteiger partial charge >= 0.3 is 0 Å². The summed E-state index contributed by atoms with van der Waals surface area (Å²) in [7, 11) is 0. The largest absolute Gasteiger partial charge is 0.365 e. The van der Waals surface area contributed by atoms with Crippen molar-refractivity contribution in [2.24, 2.45) is 23.7 Å². The van der Waals surface area contributed by atoms with E-state index in [4.69, 9.17) is 0 Å². The molecular formula is C42H61N3S2. The first-order valence-corrected chi connectivity index (χ1v) is 22.9. The standard InChI is InChI=1S/C42H61N3S2/c1-2-12-26(13-3-1)43-31-17-5-4-14-27(31)30-24-35-36(25-34(30)43)45-33-19-7-9-21-38(33)47-40-23-11-16-29(42(40)45)28-15-10-22-39-41(28)44(35)32-18-6-8-20-37(32)46-39/h1-3,12-13,27-42H,4-11,14-25H2. The average Bonchev–Trinajstić information content (AvgIpc) is 3.45. The molecule has 0 amide bonds. The average molecular weight is 672 g/mol. The van der Waals surface area contributed by atoms with Crippen molar-refractivity contribution in [2.75, 3.05) is 4.90 Å². The second-order valence-electron chi connectivity index (χ2n) is 18.3. The molecular weight excluding hydrogens is 611 g/mol. The van der Waals surface area contributed by atoms with Gasteiger partial charge in [-0.2, -0.15) is 23.5 Å². The highest BCUT2D eigenvalue weighted by molar-refractivity contribution is 8.00. The minimum Gasteiger partial charge on any atom is -0.365 e. The number of hydrogen-bond acceptors (Lipinski definition) is 5. The number of benzene rings is 1. The highest BCUT2D eigenvalue weighted by atomic mass is 32.2. The maximum Gasteiger partial charge on any atom is 0.0371 e. The number of hydrogen-bond donors (Lipinski definition) is 0. The molecule has 6 aliphatic carbocycles. The molecule has 4 saturated heterocycles. The van der Waals surface area contributed by atoms with Crippen LogP contribution < -0.4 is 4.90 Å². The summed E-state index contributed by atoms with van der Waals surface area (Å²) in [4.78, 5) is 10.1. The second kappa shape index (κ2) is 12.1. The van der Waals surface area contributed by atoms with Crippen LogP contribution in [0.2, 0.25) is 0 Å². The Kier molecular flexibility index (Phi) is 7.81. The van der Waals surface area contributed by atoms with E-state index in [9.17, 15) is 0 Å². The molecule has 10 fully saturated rings. The van der Waals surface area contributed by atoms with Crippen LogP contribution in [0.5, 0.6) is 0 Å². The lowest BCUT2D eigenvalue weighted by molar-refractivity contribution is -0.133. The van der Waals surface area contributed by atoms with Crippen LogP contribution in [0.25, 0.3) is 0 Å². The van der Waals surface area contributed by atoms with Gasteiger partial charge in [0.2, 0.25) is 0 Å². The Labute approximate surface area is 294 Å². The summed E-state index contributed by atoms with van der Waals surface area (Å²) < 4.78 is 0. The molecule has 6 saturated carbocycles. The predicted molar refractivity (Wildman–Crippen MR) is 200 cm³/mol. The molecule has 0 N–H and O–H groups in total. The zero-order valence-corrected chi connectivity index (χ0v) is 30.6. The van der Waals surface area contributed by atoms with E-state index in [1.807, 2.05) is 0 Å². The van der Waals surface area contributed by atoms with Crippen LogP contribution in [0.4, 0.5) is 5.69 Å². The van der Waals surface area contributed by atoms with E-state index < -0.39 is 0 Å². The third kappa shape index (κ3) is 4.66. The van der Waals surface area contributed by atoms with Crippen LogP contribution in [0, 0.1) is 23.7 Å². The normalized spacial score (nSPS) is 52.3. The Bertz CT molecular complexity index is 1290. The summed E-state index contributed by atoms with van der Waals surface area (Å²) in [5.41, 5.74) is 1.56. The minimum atomic E-state index is 0.752. The molecule has 1 aromatic carbocycles. The molecule has 4 heterocycles. The van der Waals surface area contributed by atoms with Gasteiger partial charge in [-0.05, 0) is 113 Å². The van der Waals surface area contributed by atoms with E-state index in [0.717, 1.165) is 93.0 Å². The molecule has 5 heteroatoms. The van der Waals surface area contributed by atoms with Gasteiger partial charge in [-0.25, -0.2) is 0 Å². The zero-order valence-electron chi connectivity index (χ0n) is 28.9. The van der Waals surface area contributed by atoms with E-state index >= 15 is 0 Å². The van der Waals surface area contributed by atoms with Crippen LogP contribution in [-0.4, -0.2) is 79.1 Å². The van der Waals surface area contributed by atoms with Crippen LogP contribution in [0.3, 0.4) is 0 Å². The van der Waals surface area contributed by atoms with Crippen molar-refractivity contribution < 1.29 is 0 Å². The first-order valence-electron chi connectivity index (χ1n) is 21.0. The number of fused-ring (bicyclic) bond motifs is 11. The number of rotatable bonds is 1. The number of para-hydroxylation sites is 1. The first-order chi connectivity index (χ1) is 23.3. The lowest BCUT2D eigenvalue weighted by Gasteiger charge is -2.69. The highest BCUT2D eigenvalue weighted by Crippen LogP contribution is 2.61. The highest BCUT2D eigenvalue weighted by Gasteiger charge is 2.64. The van der Waals surface area contributed by atoms with Crippen molar-refractivity contribution in [3.63, 3.8) is 0 Å². The third-order valence-corrected chi connectivity index (χ3v) is 20.1. The van der Waals surface area contributed by atoms with E-state index in [0.29, 0.717) is 0 Å². The quantitative estimate of drug-likeness (QED) is 0.294. The van der Waals surface area contributed by atoms with Gasteiger partial charge in [-0.3, -0.25) is 9.80 Å². The van der Waals surface area contributed by atoms with E-state index in [1.165, 1.54) is 116 Å². The van der Waals surface area contributed by atoms with Crippen LogP contribution in [-0.2, 0) is 0 Å². The molecule has 0 radical (unpaired) electrons. The Morgan fingerprint density at radius 3 is 1.55 bits per heavy atom. The van der Waals surface area contributed by atoms with Crippen LogP contribution in [0.15, 0.2) is 30.3 Å². The van der Waals surface area contributed by atoms with Crippen LogP contribution in [0.1, 0.15) is 128 Å². The molecule has 256 valence electrons. The third-order valence-electron chi connectivity index (χ3n) is 16.5. The molecule has 0 spiro atoms.